The highest BCUT2D eigenvalue weighted by molar-refractivity contribution is 5.68. The number of nitrogens with zero attached hydrogens (tertiary/aromatic N) is 1. The quantitative estimate of drug-likeness (QED) is 0.854. The molecular weight excluding hydrogens is 246 g/mol. The summed E-state index contributed by atoms with van der Waals surface area (Å²) in [7, 11) is 1.66. The molecule has 5 heteroatoms. The zero-order chi connectivity index (χ0) is 14.6. The molecule has 1 amide bonds. The summed E-state index contributed by atoms with van der Waals surface area (Å²) in [5, 5.41) is 10.0. The van der Waals surface area contributed by atoms with E-state index in [2.05, 4.69) is 0 Å². The minimum atomic E-state index is -0.484. The first-order valence-electron chi connectivity index (χ1n) is 6.91. The normalized spacial score (nSPS) is 26.1. The molecule has 0 aromatic carbocycles. The van der Waals surface area contributed by atoms with Crippen molar-refractivity contribution in [2.45, 2.75) is 58.3 Å². The first-order valence-corrected chi connectivity index (χ1v) is 6.91. The highest BCUT2D eigenvalue weighted by Crippen LogP contribution is 2.24. The van der Waals surface area contributed by atoms with Gasteiger partial charge in [-0.15, -0.1) is 0 Å². The molecule has 1 N–H and O–H groups in total. The minimum absolute atomic E-state index is 0.0521. The van der Waals surface area contributed by atoms with Crippen molar-refractivity contribution in [2.24, 2.45) is 5.92 Å². The van der Waals surface area contributed by atoms with Crippen LogP contribution in [0.15, 0.2) is 0 Å². The molecule has 0 spiro atoms. The number of hydrogen-bond acceptors (Lipinski definition) is 4. The molecule has 1 aliphatic rings. The molecule has 0 aromatic heterocycles. The Balaban J connectivity index is 2.56. The van der Waals surface area contributed by atoms with E-state index < -0.39 is 5.60 Å². The van der Waals surface area contributed by atoms with Crippen LogP contribution in [0.25, 0.3) is 0 Å². The molecule has 1 aliphatic heterocycles. The smallest absolute Gasteiger partial charge is 0.410 e. The largest absolute Gasteiger partial charge is 0.444 e. The van der Waals surface area contributed by atoms with Gasteiger partial charge in [0.05, 0.1) is 12.2 Å². The predicted molar refractivity (Wildman–Crippen MR) is 73.0 cm³/mol. The third-order valence-corrected chi connectivity index (χ3v) is 3.38. The van der Waals surface area contributed by atoms with Crippen LogP contribution in [-0.4, -0.2) is 54.1 Å². The topological polar surface area (TPSA) is 59.0 Å². The maximum atomic E-state index is 12.0. The molecule has 0 aliphatic carbocycles. The number of hydrogen-bond donors (Lipinski definition) is 1. The van der Waals surface area contributed by atoms with E-state index >= 15 is 0 Å². The Labute approximate surface area is 115 Å². The zero-order valence-electron chi connectivity index (χ0n) is 12.7. The van der Waals surface area contributed by atoms with Crippen molar-refractivity contribution in [1.82, 2.24) is 4.90 Å². The van der Waals surface area contributed by atoms with Gasteiger partial charge in [-0.1, -0.05) is 0 Å². The van der Waals surface area contributed by atoms with Crippen molar-refractivity contribution >= 4 is 6.09 Å². The van der Waals surface area contributed by atoms with Crippen LogP contribution in [0, 0.1) is 5.92 Å². The molecule has 19 heavy (non-hydrogen) atoms. The Morgan fingerprint density at radius 3 is 2.63 bits per heavy atom. The molecule has 1 saturated heterocycles. The van der Waals surface area contributed by atoms with Crippen molar-refractivity contribution in [3.63, 3.8) is 0 Å². The lowest BCUT2D eigenvalue weighted by Crippen LogP contribution is -2.48. The van der Waals surface area contributed by atoms with Crippen LogP contribution in [0.2, 0.25) is 0 Å². The number of piperidine rings is 1. The van der Waals surface area contributed by atoms with Crippen LogP contribution in [0.3, 0.4) is 0 Å². The Morgan fingerprint density at radius 2 is 2.11 bits per heavy atom. The standard InChI is InChI=1S/C14H27NO4/c1-10(18-5)8-11-9-15(7-6-12(11)16)13(17)19-14(2,3)4/h10-12,16H,6-9H2,1-5H3. The van der Waals surface area contributed by atoms with Gasteiger partial charge in [0.1, 0.15) is 5.60 Å². The van der Waals surface area contributed by atoms with Crippen LogP contribution in [0.1, 0.15) is 40.5 Å². The summed E-state index contributed by atoms with van der Waals surface area (Å²) in [6.45, 7) is 8.62. The van der Waals surface area contributed by atoms with Crippen LogP contribution < -0.4 is 0 Å². The average Bonchev–Trinajstić information content (AvgIpc) is 2.29. The maximum absolute atomic E-state index is 12.0. The maximum Gasteiger partial charge on any atom is 0.410 e. The number of aliphatic hydroxyl groups excluding tert-OH is 1. The van der Waals surface area contributed by atoms with Crippen LogP contribution in [0.4, 0.5) is 4.79 Å². The summed E-state index contributed by atoms with van der Waals surface area (Å²) in [5.74, 6) is 0.0521. The first kappa shape index (κ1) is 16.2. The lowest BCUT2D eigenvalue weighted by atomic mass is 9.90. The number of carbonyl (C=O) groups is 1. The Morgan fingerprint density at radius 1 is 1.47 bits per heavy atom. The number of ether oxygens (including phenoxy) is 2. The van der Waals surface area contributed by atoms with E-state index in [1.807, 2.05) is 27.7 Å². The second-order valence-electron chi connectivity index (χ2n) is 6.32. The molecule has 1 rings (SSSR count). The van der Waals surface area contributed by atoms with Crippen LogP contribution in [0.5, 0.6) is 0 Å². The summed E-state index contributed by atoms with van der Waals surface area (Å²) in [6, 6.07) is 0. The van der Waals surface area contributed by atoms with E-state index in [4.69, 9.17) is 9.47 Å². The van der Waals surface area contributed by atoms with Gasteiger partial charge in [0.25, 0.3) is 0 Å². The second-order valence-corrected chi connectivity index (χ2v) is 6.32. The van der Waals surface area contributed by atoms with Gasteiger partial charge in [-0.05, 0) is 40.5 Å². The van der Waals surface area contributed by atoms with Crippen molar-refractivity contribution < 1.29 is 19.4 Å². The van der Waals surface area contributed by atoms with Crippen molar-refractivity contribution in [2.75, 3.05) is 20.2 Å². The van der Waals surface area contributed by atoms with Crippen LogP contribution in [-0.2, 0) is 9.47 Å². The fourth-order valence-corrected chi connectivity index (χ4v) is 2.27. The number of amides is 1. The third kappa shape index (κ3) is 5.37. The molecule has 3 atom stereocenters. The SMILES string of the molecule is COC(C)CC1CN(C(=O)OC(C)(C)C)CCC1O. The van der Waals surface area contributed by atoms with E-state index in [9.17, 15) is 9.90 Å². The summed E-state index contributed by atoms with van der Waals surface area (Å²) < 4.78 is 10.6. The zero-order valence-corrected chi connectivity index (χ0v) is 12.7. The molecule has 0 aromatic rings. The minimum Gasteiger partial charge on any atom is -0.444 e. The molecule has 0 saturated carbocycles. The molecule has 1 fully saturated rings. The number of carbonyl (C=O) groups excluding carboxylic acids is 1. The number of methoxy groups -OCH3 is 1. The molecule has 1 heterocycles. The van der Waals surface area contributed by atoms with E-state index in [0.29, 0.717) is 19.5 Å². The van der Waals surface area contributed by atoms with Gasteiger partial charge >= 0.3 is 6.09 Å². The predicted octanol–water partition coefficient (Wildman–Crippen LogP) is 2.03. The number of likely N-dealkylation sites (tertiary alicyclic amines) is 1. The van der Waals surface area contributed by atoms with Gasteiger partial charge in [-0.3, -0.25) is 0 Å². The van der Waals surface area contributed by atoms with Crippen molar-refractivity contribution in [3.8, 4) is 0 Å². The van der Waals surface area contributed by atoms with E-state index in [1.165, 1.54) is 0 Å². The summed E-state index contributed by atoms with van der Waals surface area (Å²) in [4.78, 5) is 13.7. The van der Waals surface area contributed by atoms with Gasteiger partial charge < -0.3 is 19.5 Å². The monoisotopic (exact) mass is 273 g/mol. The van der Waals surface area contributed by atoms with Gasteiger partial charge in [0.2, 0.25) is 0 Å². The van der Waals surface area contributed by atoms with Crippen LogP contribution >= 0.6 is 0 Å². The summed E-state index contributed by atoms with van der Waals surface area (Å²) >= 11 is 0. The van der Waals surface area contributed by atoms with Crippen molar-refractivity contribution in [1.29, 1.82) is 0 Å². The molecule has 3 unspecified atom stereocenters. The van der Waals surface area contributed by atoms with E-state index in [1.54, 1.807) is 12.0 Å². The highest BCUT2D eigenvalue weighted by Gasteiger charge is 2.33. The van der Waals surface area contributed by atoms with E-state index in [0.717, 1.165) is 6.42 Å². The Bertz CT molecular complexity index is 300. The van der Waals surface area contributed by atoms with E-state index in [-0.39, 0.29) is 24.2 Å². The molecule has 5 nitrogen and oxygen atoms in total. The lowest BCUT2D eigenvalue weighted by Gasteiger charge is -2.37. The second kappa shape index (κ2) is 6.57. The fraction of sp³-hybridized carbons (Fsp3) is 0.929. The average molecular weight is 273 g/mol. The first-order chi connectivity index (χ1) is 8.73. The molecule has 0 radical (unpaired) electrons. The number of rotatable bonds is 3. The lowest BCUT2D eigenvalue weighted by molar-refractivity contribution is -0.0224. The summed E-state index contributed by atoms with van der Waals surface area (Å²) in [6.07, 6.45) is 0.765. The molecular formula is C14H27NO4. The molecule has 112 valence electrons. The van der Waals surface area contributed by atoms with Gasteiger partial charge in [0, 0.05) is 26.1 Å². The number of aliphatic hydroxyl groups is 1. The molecule has 0 bridgehead atoms. The fourth-order valence-electron chi connectivity index (χ4n) is 2.27. The summed E-state index contributed by atoms with van der Waals surface area (Å²) in [5.41, 5.74) is -0.484. The van der Waals surface area contributed by atoms with Gasteiger partial charge in [-0.2, -0.15) is 0 Å². The third-order valence-electron chi connectivity index (χ3n) is 3.38. The highest BCUT2D eigenvalue weighted by atomic mass is 16.6. The van der Waals surface area contributed by atoms with Gasteiger partial charge in [0.15, 0.2) is 0 Å². The van der Waals surface area contributed by atoms with Crippen molar-refractivity contribution in [3.05, 3.63) is 0 Å². The Kier molecular flexibility index (Phi) is 5.62. The van der Waals surface area contributed by atoms with Gasteiger partial charge in [-0.25, -0.2) is 4.79 Å². The Hall–Kier alpha value is -0.810.